The first-order valence-corrected chi connectivity index (χ1v) is 6.72. The highest BCUT2D eigenvalue weighted by Crippen LogP contribution is 2.21. The van der Waals surface area contributed by atoms with Crippen LogP contribution in [0.2, 0.25) is 5.22 Å². The molecule has 0 N–H and O–H groups in total. The fourth-order valence-electron chi connectivity index (χ4n) is 2.49. The summed E-state index contributed by atoms with van der Waals surface area (Å²) in [4.78, 5) is 14.2. The molecule has 3 rings (SSSR count). The lowest BCUT2D eigenvalue weighted by atomic mass is 10.0. The van der Waals surface area contributed by atoms with Crippen LogP contribution in [-0.4, -0.2) is 23.9 Å². The highest BCUT2D eigenvalue weighted by Gasteiger charge is 2.22. The van der Waals surface area contributed by atoms with Gasteiger partial charge in [-0.05, 0) is 41.6 Å². The van der Waals surface area contributed by atoms with Crippen LogP contribution in [0.4, 0.5) is 0 Å². The average Bonchev–Trinajstić information content (AvgIpc) is 2.74. The number of nitrogens with zero attached hydrogens (tertiary/aromatic N) is 1. The van der Waals surface area contributed by atoms with E-state index in [1.165, 1.54) is 17.4 Å². The summed E-state index contributed by atoms with van der Waals surface area (Å²) in [6.07, 6.45) is 3.22. The molecule has 0 saturated carbocycles. The number of carbonyl (C=O) groups excluding carboxylic acids is 1. The number of halogens is 1. The maximum Gasteiger partial charge on any atom is 0.258 e. The van der Waals surface area contributed by atoms with Crippen molar-refractivity contribution in [1.82, 2.24) is 4.90 Å². The minimum Gasteiger partial charge on any atom is -0.452 e. The summed E-state index contributed by atoms with van der Waals surface area (Å²) in [6, 6.07) is 9.98. The van der Waals surface area contributed by atoms with E-state index in [-0.39, 0.29) is 11.1 Å². The Kier molecular flexibility index (Phi) is 3.30. The molecule has 1 amide bonds. The van der Waals surface area contributed by atoms with Crippen molar-refractivity contribution in [1.29, 1.82) is 0 Å². The lowest BCUT2D eigenvalue weighted by Gasteiger charge is -2.19. The molecule has 1 aromatic carbocycles. The number of benzene rings is 1. The third-order valence-electron chi connectivity index (χ3n) is 3.56. The summed E-state index contributed by atoms with van der Waals surface area (Å²) in [5.74, 6) is -0.0495. The van der Waals surface area contributed by atoms with E-state index in [1.807, 2.05) is 17.0 Å². The molecule has 3 nitrogen and oxygen atoms in total. The lowest BCUT2D eigenvalue weighted by molar-refractivity contribution is 0.0762. The van der Waals surface area contributed by atoms with Crippen LogP contribution in [0.1, 0.15) is 21.5 Å². The first-order valence-electron chi connectivity index (χ1n) is 6.35. The highest BCUT2D eigenvalue weighted by atomic mass is 35.5. The quantitative estimate of drug-likeness (QED) is 0.801. The molecule has 1 aliphatic rings. The average molecular weight is 276 g/mol. The number of carbonyl (C=O) groups is 1. The van der Waals surface area contributed by atoms with Crippen molar-refractivity contribution in [3.63, 3.8) is 0 Å². The van der Waals surface area contributed by atoms with Gasteiger partial charge < -0.3 is 9.32 Å². The smallest absolute Gasteiger partial charge is 0.258 e. The summed E-state index contributed by atoms with van der Waals surface area (Å²) in [6.45, 7) is 1.44. The third kappa shape index (κ3) is 2.38. The second-order valence-electron chi connectivity index (χ2n) is 4.67. The molecule has 0 bridgehead atoms. The number of fused-ring (bicyclic) bond motifs is 1. The monoisotopic (exact) mass is 275 g/mol. The summed E-state index contributed by atoms with van der Waals surface area (Å²) < 4.78 is 4.99. The molecule has 0 spiro atoms. The molecule has 0 unspecified atom stereocenters. The molecule has 0 atom stereocenters. The zero-order valence-corrected chi connectivity index (χ0v) is 11.2. The van der Waals surface area contributed by atoms with Crippen LogP contribution in [0.3, 0.4) is 0 Å². The number of amides is 1. The van der Waals surface area contributed by atoms with Crippen LogP contribution in [0.5, 0.6) is 0 Å². The second-order valence-corrected chi connectivity index (χ2v) is 5.01. The fraction of sp³-hybridized carbons (Fsp3) is 0.267. The Morgan fingerprint density at radius 2 is 1.74 bits per heavy atom. The predicted molar refractivity (Wildman–Crippen MR) is 73.5 cm³/mol. The maximum atomic E-state index is 12.4. The normalized spacial score (nSPS) is 14.9. The van der Waals surface area contributed by atoms with Crippen LogP contribution in [0.25, 0.3) is 0 Å². The van der Waals surface area contributed by atoms with Gasteiger partial charge in [0.2, 0.25) is 5.22 Å². The Hall–Kier alpha value is -1.74. The molecule has 98 valence electrons. The molecular weight excluding hydrogens is 262 g/mol. The van der Waals surface area contributed by atoms with Gasteiger partial charge in [-0.25, -0.2) is 0 Å². The predicted octanol–water partition coefficient (Wildman–Crippen LogP) is 3.17. The SMILES string of the molecule is O=C(c1ccoc1Cl)N1CCc2ccccc2CC1. The molecule has 2 aromatic rings. The first kappa shape index (κ1) is 12.3. The molecule has 4 heteroatoms. The molecule has 1 aliphatic heterocycles. The largest absolute Gasteiger partial charge is 0.452 e. The Balaban J connectivity index is 1.79. The van der Waals surface area contributed by atoms with E-state index in [0.29, 0.717) is 5.56 Å². The molecule has 0 fully saturated rings. The van der Waals surface area contributed by atoms with Gasteiger partial charge in [0.25, 0.3) is 5.91 Å². The number of hydrogen-bond acceptors (Lipinski definition) is 2. The van der Waals surface area contributed by atoms with Crippen LogP contribution in [0.15, 0.2) is 41.0 Å². The van der Waals surface area contributed by atoms with E-state index in [0.717, 1.165) is 25.9 Å². The van der Waals surface area contributed by atoms with Crippen LogP contribution in [-0.2, 0) is 12.8 Å². The van der Waals surface area contributed by atoms with E-state index in [4.69, 9.17) is 16.0 Å². The van der Waals surface area contributed by atoms with E-state index >= 15 is 0 Å². The van der Waals surface area contributed by atoms with E-state index in [1.54, 1.807) is 6.07 Å². The molecule has 2 heterocycles. The molecule has 0 radical (unpaired) electrons. The number of furan rings is 1. The Morgan fingerprint density at radius 3 is 2.26 bits per heavy atom. The van der Waals surface area contributed by atoms with Gasteiger partial charge in [0.05, 0.1) is 11.8 Å². The third-order valence-corrected chi connectivity index (χ3v) is 3.85. The van der Waals surface area contributed by atoms with Gasteiger partial charge >= 0.3 is 0 Å². The molecular formula is C15H14ClNO2. The molecule has 19 heavy (non-hydrogen) atoms. The number of hydrogen-bond donors (Lipinski definition) is 0. The Labute approximate surface area is 116 Å². The van der Waals surface area contributed by atoms with Crippen LogP contribution in [0, 0.1) is 0 Å². The number of rotatable bonds is 1. The zero-order chi connectivity index (χ0) is 13.2. The molecule has 0 saturated heterocycles. The van der Waals surface area contributed by atoms with Crippen molar-refractivity contribution in [2.24, 2.45) is 0 Å². The highest BCUT2D eigenvalue weighted by molar-refractivity contribution is 6.32. The Bertz CT molecular complexity index is 579. The van der Waals surface area contributed by atoms with Crippen molar-refractivity contribution >= 4 is 17.5 Å². The molecule has 0 aliphatic carbocycles. The standard InChI is InChI=1S/C15H14ClNO2/c16-14-13(7-10-19-14)15(18)17-8-5-11-3-1-2-4-12(11)6-9-17/h1-4,7,10H,5-6,8-9H2. The topological polar surface area (TPSA) is 33.5 Å². The van der Waals surface area contributed by atoms with Crippen molar-refractivity contribution < 1.29 is 9.21 Å². The summed E-state index contributed by atoms with van der Waals surface area (Å²) in [5.41, 5.74) is 3.11. The maximum absolute atomic E-state index is 12.4. The van der Waals surface area contributed by atoms with Crippen molar-refractivity contribution in [2.75, 3.05) is 13.1 Å². The van der Waals surface area contributed by atoms with Gasteiger partial charge in [-0.15, -0.1) is 0 Å². The van der Waals surface area contributed by atoms with Gasteiger partial charge in [0.15, 0.2) is 0 Å². The summed E-state index contributed by atoms with van der Waals surface area (Å²) >= 11 is 5.87. The zero-order valence-electron chi connectivity index (χ0n) is 10.4. The first-order chi connectivity index (χ1) is 9.25. The van der Waals surface area contributed by atoms with Crippen LogP contribution >= 0.6 is 11.6 Å². The van der Waals surface area contributed by atoms with Gasteiger partial charge in [0, 0.05) is 13.1 Å². The van der Waals surface area contributed by atoms with Gasteiger partial charge in [0.1, 0.15) is 0 Å². The van der Waals surface area contributed by atoms with E-state index < -0.39 is 0 Å². The Morgan fingerprint density at radius 1 is 1.11 bits per heavy atom. The summed E-state index contributed by atoms with van der Waals surface area (Å²) in [5, 5.41) is 0.173. The van der Waals surface area contributed by atoms with Gasteiger partial charge in [-0.2, -0.15) is 0 Å². The lowest BCUT2D eigenvalue weighted by Crippen LogP contribution is -2.33. The minimum atomic E-state index is -0.0495. The van der Waals surface area contributed by atoms with Crippen molar-refractivity contribution in [3.05, 3.63) is 58.5 Å². The van der Waals surface area contributed by atoms with Crippen molar-refractivity contribution in [3.8, 4) is 0 Å². The van der Waals surface area contributed by atoms with Gasteiger partial charge in [-0.3, -0.25) is 4.79 Å². The van der Waals surface area contributed by atoms with Crippen molar-refractivity contribution in [2.45, 2.75) is 12.8 Å². The van der Waals surface area contributed by atoms with E-state index in [2.05, 4.69) is 12.1 Å². The summed E-state index contributed by atoms with van der Waals surface area (Å²) in [7, 11) is 0. The van der Waals surface area contributed by atoms with Gasteiger partial charge in [-0.1, -0.05) is 24.3 Å². The van der Waals surface area contributed by atoms with E-state index in [9.17, 15) is 4.79 Å². The minimum absolute atomic E-state index is 0.0495. The second kappa shape index (κ2) is 5.10. The fourth-order valence-corrected chi connectivity index (χ4v) is 2.68. The van der Waals surface area contributed by atoms with Crippen LogP contribution < -0.4 is 0 Å². The molecule has 1 aromatic heterocycles.